The maximum absolute atomic E-state index is 12.4. The average molecular weight is 705 g/mol. The molecule has 0 spiro atoms. The van der Waals surface area contributed by atoms with E-state index in [9.17, 15) is 14.4 Å². The molecule has 0 unspecified atom stereocenters. The number of rotatable bonds is 12. The van der Waals surface area contributed by atoms with E-state index in [2.05, 4.69) is 36.6 Å². The Morgan fingerprint density at radius 3 is 1.79 bits per heavy atom. The van der Waals surface area contributed by atoms with Gasteiger partial charge in [-0.15, -0.1) is 0 Å². The van der Waals surface area contributed by atoms with Crippen molar-refractivity contribution in [2.45, 2.75) is 39.2 Å². The minimum Gasteiger partial charge on any atom is -0.465 e. The number of ether oxygens (including phenoxy) is 1. The molecule has 0 radical (unpaired) electrons. The van der Waals surface area contributed by atoms with E-state index in [0.29, 0.717) is 48.1 Å². The maximum atomic E-state index is 12.4. The molecule has 0 bridgehead atoms. The number of nitrogen functional groups attached to an aromatic ring is 1. The fourth-order valence-electron chi connectivity index (χ4n) is 4.63. The number of anilines is 6. The summed E-state index contributed by atoms with van der Waals surface area (Å²) in [5.74, 6) is 0.960. The highest BCUT2D eigenvalue weighted by Gasteiger charge is 2.15. The number of amides is 3. The topological polar surface area (TPSA) is 193 Å². The van der Waals surface area contributed by atoms with E-state index in [1.54, 1.807) is 48.8 Å². The highest BCUT2D eigenvalue weighted by atomic mass is 16.6. The van der Waals surface area contributed by atoms with Crippen LogP contribution in [0.1, 0.15) is 42.3 Å². The molecule has 0 aliphatic rings. The highest BCUT2D eigenvalue weighted by molar-refractivity contribution is 6.05. The van der Waals surface area contributed by atoms with Crippen molar-refractivity contribution in [3.63, 3.8) is 0 Å². The van der Waals surface area contributed by atoms with E-state index in [1.807, 2.05) is 87.5 Å². The normalized spacial score (nSPS) is 10.5. The van der Waals surface area contributed by atoms with Gasteiger partial charge in [0.25, 0.3) is 5.91 Å². The molecule has 270 valence electrons. The number of hydrogen-bond acceptors (Lipinski definition) is 9. The van der Waals surface area contributed by atoms with Gasteiger partial charge in [-0.05, 0) is 105 Å². The molecular formula is C39H44N8O5. The Morgan fingerprint density at radius 2 is 1.23 bits per heavy atom. The van der Waals surface area contributed by atoms with Crippen molar-refractivity contribution in [1.82, 2.24) is 20.6 Å². The third kappa shape index (κ3) is 13.3. The van der Waals surface area contributed by atoms with Gasteiger partial charge in [0, 0.05) is 42.4 Å². The quantitative estimate of drug-likeness (QED) is 0.0690. The fraction of sp³-hybridized carbons (Fsp3) is 0.205. The second-order valence-electron chi connectivity index (χ2n) is 12.5. The van der Waals surface area contributed by atoms with E-state index in [0.717, 1.165) is 28.9 Å². The second-order valence-corrected chi connectivity index (χ2v) is 12.5. The van der Waals surface area contributed by atoms with Crippen molar-refractivity contribution in [2.75, 3.05) is 34.8 Å². The van der Waals surface area contributed by atoms with Gasteiger partial charge in [-0.1, -0.05) is 42.5 Å². The molecule has 0 fully saturated rings. The van der Waals surface area contributed by atoms with Crippen molar-refractivity contribution in [3.8, 4) is 0 Å². The number of benzene rings is 3. The van der Waals surface area contributed by atoms with Gasteiger partial charge in [0.15, 0.2) is 11.6 Å². The number of carbonyl (C=O) groups is 3. The lowest BCUT2D eigenvalue weighted by Crippen LogP contribution is -2.33. The van der Waals surface area contributed by atoms with E-state index in [1.165, 1.54) is 0 Å². The Morgan fingerprint density at radius 1 is 0.692 bits per heavy atom. The Hall–Kier alpha value is -6.63. The van der Waals surface area contributed by atoms with Gasteiger partial charge in [-0.3, -0.25) is 4.79 Å². The molecule has 2 aromatic heterocycles. The van der Waals surface area contributed by atoms with Crippen molar-refractivity contribution in [1.29, 1.82) is 0 Å². The molecule has 13 nitrogen and oxygen atoms in total. The second kappa shape index (κ2) is 18.9. The number of carboxylic acid groups (broad SMARTS) is 1. The van der Waals surface area contributed by atoms with Crippen LogP contribution < -0.4 is 32.3 Å². The first-order valence-corrected chi connectivity index (χ1v) is 16.6. The van der Waals surface area contributed by atoms with Crippen LogP contribution in [-0.4, -0.2) is 51.9 Å². The largest absolute Gasteiger partial charge is 0.465 e. The number of nitrogens with two attached hydrogens (primary N) is 1. The van der Waals surface area contributed by atoms with Crippen LogP contribution in [0.2, 0.25) is 0 Å². The first kappa shape index (κ1) is 38.2. The highest BCUT2D eigenvalue weighted by Crippen LogP contribution is 2.24. The van der Waals surface area contributed by atoms with Crippen molar-refractivity contribution >= 4 is 52.5 Å². The molecule has 3 amide bonds. The fourth-order valence-corrected chi connectivity index (χ4v) is 4.63. The zero-order chi connectivity index (χ0) is 37.3. The molecule has 3 aromatic carbocycles. The van der Waals surface area contributed by atoms with Crippen LogP contribution in [0.25, 0.3) is 0 Å². The summed E-state index contributed by atoms with van der Waals surface area (Å²) in [5, 5.41) is 22.9. The van der Waals surface area contributed by atoms with E-state index >= 15 is 0 Å². The van der Waals surface area contributed by atoms with Gasteiger partial charge in [0.05, 0.1) is 11.4 Å². The number of aromatic nitrogens is 2. The molecule has 2 heterocycles. The van der Waals surface area contributed by atoms with Gasteiger partial charge in [-0.2, -0.15) is 0 Å². The number of alkyl carbamates (subject to hydrolysis) is 1. The number of nitrogens with zero attached hydrogens (tertiary/aromatic N) is 2. The first-order valence-electron chi connectivity index (χ1n) is 16.6. The van der Waals surface area contributed by atoms with Crippen LogP contribution in [0.4, 0.5) is 44.0 Å². The molecule has 0 atom stereocenters. The summed E-state index contributed by atoms with van der Waals surface area (Å²) < 4.78 is 5.19. The van der Waals surface area contributed by atoms with Crippen LogP contribution in [0, 0.1) is 0 Å². The zero-order valence-corrected chi connectivity index (χ0v) is 29.4. The summed E-state index contributed by atoms with van der Waals surface area (Å²) in [6.07, 6.45) is 3.24. The Balaban J connectivity index is 0.000000236. The first-order chi connectivity index (χ1) is 24.9. The molecule has 5 aromatic rings. The van der Waals surface area contributed by atoms with Gasteiger partial charge in [-0.25, -0.2) is 19.6 Å². The minimum absolute atomic E-state index is 0.210. The molecule has 0 saturated carbocycles. The summed E-state index contributed by atoms with van der Waals surface area (Å²) in [6, 6.07) is 31.6. The molecule has 5 rings (SSSR count). The van der Waals surface area contributed by atoms with Crippen molar-refractivity contribution in [3.05, 3.63) is 132 Å². The van der Waals surface area contributed by atoms with Gasteiger partial charge < -0.3 is 42.2 Å². The molecular weight excluding hydrogens is 660 g/mol. The SMILES string of the molecule is CC(C)(C)OC(=O)NCCc1ccc(Nc2ncccc2N)cc1.O=C(O)NCCc1ccc(Nc2ncccc2NC(=O)c2ccccc2)cc1. The summed E-state index contributed by atoms with van der Waals surface area (Å²) in [4.78, 5) is 43.0. The summed E-state index contributed by atoms with van der Waals surface area (Å²) in [7, 11) is 0. The number of hydrogen-bond donors (Lipinski definition) is 7. The van der Waals surface area contributed by atoms with Gasteiger partial charge in [0.2, 0.25) is 0 Å². The monoisotopic (exact) mass is 704 g/mol. The van der Waals surface area contributed by atoms with Crippen LogP contribution in [0.5, 0.6) is 0 Å². The average Bonchev–Trinajstić information content (AvgIpc) is 3.11. The van der Waals surface area contributed by atoms with E-state index in [-0.39, 0.29) is 5.91 Å². The molecule has 8 N–H and O–H groups in total. The summed E-state index contributed by atoms with van der Waals surface area (Å²) >= 11 is 0. The molecule has 52 heavy (non-hydrogen) atoms. The van der Waals surface area contributed by atoms with Gasteiger partial charge >= 0.3 is 12.2 Å². The lowest BCUT2D eigenvalue weighted by molar-refractivity contribution is 0.0528. The third-order valence-electron chi connectivity index (χ3n) is 7.14. The third-order valence-corrected chi connectivity index (χ3v) is 7.14. The lowest BCUT2D eigenvalue weighted by Gasteiger charge is -2.19. The summed E-state index contributed by atoms with van der Waals surface area (Å²) in [5.41, 5.74) is 11.0. The van der Waals surface area contributed by atoms with Crippen LogP contribution in [-0.2, 0) is 17.6 Å². The standard InChI is InChI=1S/C21H20N4O3.C18H24N4O2/c26-20(16-5-2-1-3-6-16)25-18-7-4-13-22-19(18)24-17-10-8-15(9-11-17)12-14-23-21(27)28;1-18(2,3)24-17(23)21-12-10-13-6-8-14(9-7-13)22-16-15(19)5-4-11-20-16/h1-11,13,23H,12,14H2,(H,22,24)(H,25,26)(H,27,28);4-9,11H,10,12,19H2,1-3H3,(H,20,22)(H,21,23). The number of pyridine rings is 2. The Bertz CT molecular complexity index is 1900. The smallest absolute Gasteiger partial charge is 0.407 e. The van der Waals surface area contributed by atoms with Crippen LogP contribution in [0.3, 0.4) is 0 Å². The van der Waals surface area contributed by atoms with Crippen molar-refractivity contribution < 1.29 is 24.2 Å². The maximum Gasteiger partial charge on any atom is 0.407 e. The number of nitrogens with one attached hydrogen (secondary N) is 5. The van der Waals surface area contributed by atoms with Crippen LogP contribution >= 0.6 is 0 Å². The zero-order valence-electron chi connectivity index (χ0n) is 29.4. The van der Waals surface area contributed by atoms with E-state index in [4.69, 9.17) is 15.6 Å². The Labute approximate surface area is 303 Å². The lowest BCUT2D eigenvalue weighted by atomic mass is 10.1. The Kier molecular flexibility index (Phi) is 13.9. The molecule has 0 saturated heterocycles. The minimum atomic E-state index is -1.03. The summed E-state index contributed by atoms with van der Waals surface area (Å²) in [6.45, 7) is 6.40. The van der Waals surface area contributed by atoms with Crippen LogP contribution in [0.15, 0.2) is 116 Å². The predicted molar refractivity (Wildman–Crippen MR) is 204 cm³/mol. The molecule has 13 heteroatoms. The van der Waals surface area contributed by atoms with E-state index < -0.39 is 17.8 Å². The molecule has 0 aliphatic carbocycles. The molecule has 0 aliphatic heterocycles. The predicted octanol–water partition coefficient (Wildman–Crippen LogP) is 7.36. The number of carbonyl (C=O) groups excluding carboxylic acids is 2. The van der Waals surface area contributed by atoms with Crippen molar-refractivity contribution in [2.24, 2.45) is 0 Å². The van der Waals surface area contributed by atoms with Gasteiger partial charge in [0.1, 0.15) is 5.60 Å².